The van der Waals surface area contributed by atoms with E-state index in [2.05, 4.69) is 0 Å². The van der Waals surface area contributed by atoms with Crippen molar-refractivity contribution >= 4 is 17.9 Å². The summed E-state index contributed by atoms with van der Waals surface area (Å²) in [6, 6.07) is -17.1. The molecule has 3 N–H and O–H groups in total. The molecule has 162 valence electrons. The maximum Gasteiger partial charge on any atom is 0.335 e. The highest BCUT2D eigenvalue weighted by molar-refractivity contribution is 5.91. The van der Waals surface area contributed by atoms with Gasteiger partial charge in [-0.15, -0.1) is 0 Å². The zero-order chi connectivity index (χ0) is 36.6. The molecule has 0 saturated carbocycles. The molecule has 0 atom stereocenters. The molecule has 6 heteroatoms. The summed E-state index contributed by atoms with van der Waals surface area (Å²) in [5, 5.41) is 28.5. The average molecular weight is 454 g/mol. The molecular formula is C27H18O6. The largest absolute Gasteiger partial charge is 0.478 e. The lowest BCUT2D eigenvalue weighted by Gasteiger charge is -2.12. The molecule has 0 bridgehead atoms. The maximum atomic E-state index is 11.7. The van der Waals surface area contributed by atoms with Gasteiger partial charge in [-0.2, -0.15) is 0 Å². The molecular weight excluding hydrogens is 420 g/mol. The molecule has 0 amide bonds. The minimum absolute atomic E-state index is 0.942. The van der Waals surface area contributed by atoms with Gasteiger partial charge in [-0.05, 0) is 87.8 Å². The van der Waals surface area contributed by atoms with Gasteiger partial charge in [-0.1, -0.05) is 36.3 Å². The lowest BCUT2D eigenvalue weighted by Crippen LogP contribution is -1.96. The molecule has 4 aromatic carbocycles. The third kappa shape index (κ3) is 4.65. The molecule has 0 saturated heterocycles. The zero-order valence-corrected chi connectivity index (χ0v) is 16.1. The van der Waals surface area contributed by atoms with E-state index in [0.29, 0.717) is 0 Å². The van der Waals surface area contributed by atoms with Crippen molar-refractivity contribution in [2.75, 3.05) is 0 Å². The molecule has 4 aromatic rings. The lowest BCUT2D eigenvalue weighted by molar-refractivity contribution is 0.0686. The monoisotopic (exact) mass is 453 g/mol. The smallest absolute Gasteiger partial charge is 0.335 e. The summed E-state index contributed by atoms with van der Waals surface area (Å²) in [7, 11) is 0. The summed E-state index contributed by atoms with van der Waals surface area (Å²) in [5.74, 6) is -5.62. The van der Waals surface area contributed by atoms with Crippen LogP contribution in [-0.2, 0) is 0 Å². The van der Waals surface area contributed by atoms with Crippen molar-refractivity contribution in [3.63, 3.8) is 0 Å². The number of carboxylic acids is 3. The van der Waals surface area contributed by atoms with Gasteiger partial charge in [0.05, 0.1) is 37.3 Å². The van der Waals surface area contributed by atoms with Crippen LogP contribution in [0.2, 0.25) is 0 Å². The van der Waals surface area contributed by atoms with E-state index in [1.807, 2.05) is 0 Å². The lowest BCUT2D eigenvalue weighted by atomic mass is 9.92. The molecule has 0 radical (unpaired) electrons. The predicted octanol–water partition coefficient (Wildman–Crippen LogP) is 5.78. The third-order valence-electron chi connectivity index (χ3n) is 4.02. The number of hydrogen-bond donors (Lipinski definition) is 3. The summed E-state index contributed by atoms with van der Waals surface area (Å²) >= 11 is 0. The average Bonchev–Trinajstić information content (AvgIpc) is 2.98. The highest BCUT2D eigenvalue weighted by Crippen LogP contribution is 2.33. The van der Waals surface area contributed by atoms with Gasteiger partial charge in [0.15, 0.2) is 0 Å². The van der Waals surface area contributed by atoms with Crippen LogP contribution in [0.25, 0.3) is 33.4 Å². The molecule has 4 rings (SSSR count). The first-order valence-corrected chi connectivity index (χ1v) is 8.78. The Morgan fingerprint density at radius 2 is 0.636 bits per heavy atom. The van der Waals surface area contributed by atoms with Gasteiger partial charge in [-0.3, -0.25) is 0 Å². The third-order valence-corrected chi connectivity index (χ3v) is 4.02. The second kappa shape index (κ2) is 8.80. The summed E-state index contributed by atoms with van der Waals surface area (Å²) in [6.45, 7) is 0. The van der Waals surface area contributed by atoms with E-state index >= 15 is 0 Å². The molecule has 33 heavy (non-hydrogen) atoms. The molecule has 0 fully saturated rings. The Labute approximate surface area is 210 Å². The van der Waals surface area contributed by atoms with E-state index in [1.165, 1.54) is 0 Å². The highest BCUT2D eigenvalue weighted by atomic mass is 16.4. The number of hydrogen-bond acceptors (Lipinski definition) is 3. The van der Waals surface area contributed by atoms with Crippen LogP contribution in [0.1, 0.15) is 51.6 Å². The zero-order valence-electron chi connectivity index (χ0n) is 31.1. The summed E-state index contributed by atoms with van der Waals surface area (Å²) < 4.78 is 127. The Morgan fingerprint density at radius 1 is 0.424 bits per heavy atom. The van der Waals surface area contributed by atoms with Crippen molar-refractivity contribution in [3.05, 3.63) is 107 Å². The Hall–Kier alpha value is -4.71. The van der Waals surface area contributed by atoms with E-state index in [1.54, 1.807) is 0 Å². The standard InChI is InChI=1S/C27H18O6/c28-25(29)19-7-1-16(2-8-19)22-13-23(17-3-9-20(10-4-17)26(30)31)15-24(14-22)18-5-11-21(12-6-18)27(32)33/h1-15H,(H,28,29)(H,30,31)(H,32,33)/i1D,2D,3D,4D,5D,6D,7D,8D,9D,10D,11D,12D,13D,14D,15D. The molecule has 0 unspecified atom stereocenters. The fourth-order valence-corrected chi connectivity index (χ4v) is 2.48. The normalized spacial score (nSPS) is 16.9. The fourth-order valence-electron chi connectivity index (χ4n) is 2.48. The van der Waals surface area contributed by atoms with Crippen molar-refractivity contribution in [3.8, 4) is 33.4 Å². The van der Waals surface area contributed by atoms with Crippen LogP contribution in [-0.4, -0.2) is 33.2 Å². The van der Waals surface area contributed by atoms with Crippen LogP contribution >= 0.6 is 0 Å². The number of rotatable bonds is 6. The maximum absolute atomic E-state index is 11.7. The summed E-state index contributed by atoms with van der Waals surface area (Å²) in [4.78, 5) is 35.2. The molecule has 0 aliphatic rings. The molecule has 0 spiro atoms. The predicted molar refractivity (Wildman–Crippen MR) is 124 cm³/mol. The van der Waals surface area contributed by atoms with Crippen molar-refractivity contribution in [1.29, 1.82) is 0 Å². The van der Waals surface area contributed by atoms with Crippen LogP contribution in [0.5, 0.6) is 0 Å². The van der Waals surface area contributed by atoms with Gasteiger partial charge in [-0.25, -0.2) is 14.4 Å². The van der Waals surface area contributed by atoms with Gasteiger partial charge in [0.25, 0.3) is 0 Å². The van der Waals surface area contributed by atoms with Gasteiger partial charge >= 0.3 is 17.9 Å². The van der Waals surface area contributed by atoms with E-state index in [4.69, 9.17) is 20.6 Å². The van der Waals surface area contributed by atoms with Crippen LogP contribution < -0.4 is 0 Å². The fraction of sp³-hybridized carbons (Fsp3) is 0. The van der Waals surface area contributed by atoms with Gasteiger partial charge in [0, 0.05) is 0 Å². The number of carboxylic acid groups (broad SMARTS) is 3. The van der Waals surface area contributed by atoms with E-state index < -0.39 is 159 Å². The first-order valence-electron chi connectivity index (χ1n) is 16.3. The van der Waals surface area contributed by atoms with Crippen LogP contribution in [0.4, 0.5) is 0 Å². The second-order valence-electron chi connectivity index (χ2n) is 6.17. The minimum Gasteiger partial charge on any atom is -0.478 e. The minimum atomic E-state index is -1.87. The highest BCUT2D eigenvalue weighted by Gasteiger charge is 2.11. The Bertz CT molecular complexity index is 1830. The Balaban J connectivity index is 2.42. The topological polar surface area (TPSA) is 112 Å². The van der Waals surface area contributed by atoms with Crippen LogP contribution in [0.15, 0.2) is 90.6 Å². The molecule has 0 heterocycles. The SMILES string of the molecule is [2H]c1c([2H])c(-c2c([2H])c(-c3c([2H])c([2H])c(C(=O)O)c([2H])c3[2H])c([2H])c(-c3c([2H])c([2H])c(C(=O)O)c([2H])c3[2H])c2[2H])c([2H])c([2H])c1C(=O)O. The van der Waals surface area contributed by atoms with Gasteiger partial charge in [0.1, 0.15) is 0 Å². The van der Waals surface area contributed by atoms with Crippen molar-refractivity contribution < 1.29 is 50.3 Å². The van der Waals surface area contributed by atoms with Crippen LogP contribution in [0.3, 0.4) is 0 Å². The summed E-state index contributed by atoms with van der Waals surface area (Å²) in [6.07, 6.45) is 0. The molecule has 0 aliphatic heterocycles. The quantitative estimate of drug-likeness (QED) is 0.341. The van der Waals surface area contributed by atoms with Crippen molar-refractivity contribution in [2.45, 2.75) is 0 Å². The Kier molecular flexibility index (Phi) is 2.62. The Morgan fingerprint density at radius 3 is 0.818 bits per heavy atom. The van der Waals surface area contributed by atoms with Crippen LogP contribution in [0, 0.1) is 0 Å². The molecule has 0 aliphatic carbocycles. The first kappa shape index (κ1) is 9.83. The van der Waals surface area contributed by atoms with E-state index in [9.17, 15) is 29.7 Å². The number of benzene rings is 4. The van der Waals surface area contributed by atoms with E-state index in [-0.39, 0.29) is 0 Å². The van der Waals surface area contributed by atoms with Crippen molar-refractivity contribution in [1.82, 2.24) is 0 Å². The van der Waals surface area contributed by atoms with Crippen molar-refractivity contribution in [2.24, 2.45) is 0 Å². The number of carbonyl (C=O) groups is 3. The van der Waals surface area contributed by atoms with Gasteiger partial charge < -0.3 is 15.3 Å². The van der Waals surface area contributed by atoms with E-state index in [0.717, 1.165) is 0 Å². The summed E-state index contributed by atoms with van der Waals surface area (Å²) in [5.41, 5.74) is -9.03. The van der Waals surface area contributed by atoms with Gasteiger partial charge in [0.2, 0.25) is 0 Å². The molecule has 6 nitrogen and oxygen atoms in total. The second-order valence-corrected chi connectivity index (χ2v) is 6.17. The first-order chi connectivity index (χ1) is 22.1. The number of aromatic carboxylic acids is 3. The molecule has 0 aromatic heterocycles.